The molecule has 0 saturated carbocycles. The van der Waals surface area contributed by atoms with E-state index in [0.29, 0.717) is 48.0 Å². The summed E-state index contributed by atoms with van der Waals surface area (Å²) in [6, 6.07) is 0. The molecule has 0 amide bonds. The standard InChI is InChI=1S/C20H42N2O9S2/c1-7-18(8-2)20(23)31-19(11-13-22(5,6)14-16-29-32(24)25)10-9-12-21(3,4)15-17-30-33(26,27)28/h18-19H,7-17H2,1-6H3/p+2. The van der Waals surface area contributed by atoms with Crippen molar-refractivity contribution in [1.29, 1.82) is 0 Å². The lowest BCUT2D eigenvalue weighted by atomic mass is 10.0. The normalized spacial score (nSPS) is 14.9. The minimum Gasteiger partial charge on any atom is -0.462 e. The molecule has 0 aromatic heterocycles. The van der Waals surface area contributed by atoms with Crippen LogP contribution in [0.4, 0.5) is 0 Å². The van der Waals surface area contributed by atoms with Crippen molar-refractivity contribution in [1.82, 2.24) is 0 Å². The van der Waals surface area contributed by atoms with Crippen LogP contribution in [-0.4, -0.2) is 110 Å². The SMILES string of the molecule is CCC(CC)C(=O)OC(CCC[N+](C)(C)CCOS(=O)(=O)O)CC[N+](C)(C)CCOS(=O)O. The van der Waals surface area contributed by atoms with Gasteiger partial charge in [-0.3, -0.25) is 18.1 Å². The van der Waals surface area contributed by atoms with Gasteiger partial charge in [0, 0.05) is 12.8 Å². The number of likely N-dealkylation sites (N-methyl/N-ethyl adjacent to an activating group) is 2. The average molecular weight is 521 g/mol. The zero-order valence-electron chi connectivity index (χ0n) is 20.9. The van der Waals surface area contributed by atoms with Gasteiger partial charge in [0.1, 0.15) is 32.4 Å². The maximum atomic E-state index is 12.6. The molecule has 198 valence electrons. The minimum atomic E-state index is -4.45. The monoisotopic (exact) mass is 520 g/mol. The number of quaternary nitrogens is 2. The Morgan fingerprint density at radius 3 is 2.00 bits per heavy atom. The maximum absolute atomic E-state index is 12.6. The quantitative estimate of drug-likeness (QED) is 0.113. The van der Waals surface area contributed by atoms with Crippen molar-refractivity contribution in [2.24, 2.45) is 5.92 Å². The number of rotatable bonds is 19. The van der Waals surface area contributed by atoms with Crippen LogP contribution >= 0.6 is 0 Å². The molecular weight excluding hydrogens is 476 g/mol. The van der Waals surface area contributed by atoms with Crippen molar-refractivity contribution in [3.8, 4) is 0 Å². The van der Waals surface area contributed by atoms with Crippen LogP contribution < -0.4 is 0 Å². The summed E-state index contributed by atoms with van der Waals surface area (Å²) in [5.74, 6) is -0.322. The lowest BCUT2D eigenvalue weighted by Gasteiger charge is -2.32. The lowest BCUT2D eigenvalue weighted by molar-refractivity contribution is -0.891. The van der Waals surface area contributed by atoms with Crippen molar-refractivity contribution < 1.29 is 48.6 Å². The van der Waals surface area contributed by atoms with Gasteiger partial charge in [-0.2, -0.15) is 12.6 Å². The second-order valence-corrected chi connectivity index (χ2v) is 11.3. The van der Waals surface area contributed by atoms with Crippen LogP contribution in [0.5, 0.6) is 0 Å². The molecule has 33 heavy (non-hydrogen) atoms. The van der Waals surface area contributed by atoms with Crippen molar-refractivity contribution in [3.63, 3.8) is 0 Å². The first kappa shape index (κ1) is 32.3. The smallest absolute Gasteiger partial charge is 0.397 e. The summed E-state index contributed by atoms with van der Waals surface area (Å²) in [5.41, 5.74) is 0. The van der Waals surface area contributed by atoms with Gasteiger partial charge in [-0.1, -0.05) is 13.8 Å². The van der Waals surface area contributed by atoms with Crippen LogP contribution in [0.2, 0.25) is 0 Å². The fraction of sp³-hybridized carbons (Fsp3) is 0.950. The van der Waals surface area contributed by atoms with E-state index in [9.17, 15) is 17.4 Å². The second-order valence-electron chi connectivity index (χ2n) is 9.56. The molecule has 13 heteroatoms. The molecule has 0 rings (SSSR count). The van der Waals surface area contributed by atoms with Gasteiger partial charge < -0.3 is 13.7 Å². The van der Waals surface area contributed by atoms with Crippen molar-refractivity contribution in [2.45, 2.75) is 52.1 Å². The summed E-state index contributed by atoms with van der Waals surface area (Å²) in [6.07, 6.45) is 3.22. The molecule has 0 aromatic rings. The molecule has 2 N–H and O–H groups in total. The second kappa shape index (κ2) is 15.4. The Bertz CT molecular complexity index is 696. The molecule has 0 saturated heterocycles. The first-order valence-electron chi connectivity index (χ1n) is 11.3. The predicted molar refractivity (Wildman–Crippen MR) is 126 cm³/mol. The highest BCUT2D eigenvalue weighted by Gasteiger charge is 2.25. The molecule has 0 bridgehead atoms. The van der Waals surface area contributed by atoms with E-state index in [2.05, 4.69) is 4.18 Å². The fourth-order valence-corrected chi connectivity index (χ4v) is 3.86. The number of nitrogens with zero attached hydrogens (tertiary/aromatic N) is 2. The Morgan fingerprint density at radius 2 is 1.48 bits per heavy atom. The van der Waals surface area contributed by atoms with Crippen LogP contribution in [0, 0.1) is 5.92 Å². The van der Waals surface area contributed by atoms with E-state index in [1.165, 1.54) is 0 Å². The molecular formula is C20H44N2O9S2+2. The molecule has 0 aliphatic carbocycles. The molecule has 2 atom stereocenters. The number of esters is 1. The first-order chi connectivity index (χ1) is 15.1. The van der Waals surface area contributed by atoms with Crippen molar-refractivity contribution in [3.05, 3.63) is 0 Å². The van der Waals surface area contributed by atoms with Gasteiger partial charge in [-0.05, 0) is 19.3 Å². The Morgan fingerprint density at radius 1 is 0.939 bits per heavy atom. The fourth-order valence-electron chi connectivity index (χ4n) is 3.35. The van der Waals surface area contributed by atoms with Gasteiger partial charge in [0.2, 0.25) is 0 Å². The van der Waals surface area contributed by atoms with E-state index < -0.39 is 21.8 Å². The van der Waals surface area contributed by atoms with E-state index in [1.54, 1.807) is 0 Å². The van der Waals surface area contributed by atoms with Gasteiger partial charge in [0.25, 0.3) is 0 Å². The molecule has 0 aromatic carbocycles. The molecule has 11 nitrogen and oxygen atoms in total. The van der Waals surface area contributed by atoms with Crippen LogP contribution in [0.1, 0.15) is 46.0 Å². The van der Waals surface area contributed by atoms with Gasteiger partial charge >= 0.3 is 27.7 Å². The third kappa shape index (κ3) is 17.4. The van der Waals surface area contributed by atoms with Crippen LogP contribution in [-0.2, 0) is 39.7 Å². The highest BCUT2D eigenvalue weighted by atomic mass is 32.3. The van der Waals surface area contributed by atoms with E-state index in [-0.39, 0.29) is 31.2 Å². The molecule has 0 spiro atoms. The van der Waals surface area contributed by atoms with Gasteiger partial charge in [-0.25, -0.2) is 4.18 Å². The predicted octanol–water partition coefficient (Wildman–Crippen LogP) is 1.63. The van der Waals surface area contributed by atoms with Crippen LogP contribution in [0.15, 0.2) is 0 Å². The average Bonchev–Trinajstić information content (AvgIpc) is 2.65. The zero-order chi connectivity index (χ0) is 25.7. The highest BCUT2D eigenvalue weighted by molar-refractivity contribution is 7.80. The molecule has 0 heterocycles. The minimum absolute atomic E-state index is 0.120. The first-order valence-corrected chi connectivity index (χ1v) is 13.7. The summed E-state index contributed by atoms with van der Waals surface area (Å²) in [4.78, 5) is 12.6. The summed E-state index contributed by atoms with van der Waals surface area (Å²) in [6.45, 7) is 6.29. The van der Waals surface area contributed by atoms with Crippen molar-refractivity contribution in [2.75, 3.05) is 67.6 Å². The summed E-state index contributed by atoms with van der Waals surface area (Å²) >= 11 is -2.29. The van der Waals surface area contributed by atoms with Gasteiger partial charge in [-0.15, -0.1) is 0 Å². The Balaban J connectivity index is 4.88. The van der Waals surface area contributed by atoms with E-state index in [4.69, 9.17) is 18.0 Å². The highest BCUT2D eigenvalue weighted by Crippen LogP contribution is 2.17. The number of hydrogen-bond donors (Lipinski definition) is 2. The number of hydrogen-bond acceptors (Lipinski definition) is 7. The molecule has 0 fully saturated rings. The van der Waals surface area contributed by atoms with Crippen LogP contribution in [0.25, 0.3) is 0 Å². The van der Waals surface area contributed by atoms with Crippen LogP contribution in [0.3, 0.4) is 0 Å². The summed E-state index contributed by atoms with van der Waals surface area (Å²) < 4.78 is 65.6. The zero-order valence-corrected chi connectivity index (χ0v) is 22.5. The number of carbonyl (C=O) groups is 1. The van der Waals surface area contributed by atoms with Gasteiger partial charge in [0.15, 0.2) is 0 Å². The van der Waals surface area contributed by atoms with E-state index in [0.717, 1.165) is 19.3 Å². The summed E-state index contributed by atoms with van der Waals surface area (Å²) in [5, 5.41) is 0. The molecule has 0 aliphatic heterocycles. The Kier molecular flexibility index (Phi) is 15.0. The van der Waals surface area contributed by atoms with E-state index in [1.807, 2.05) is 42.0 Å². The maximum Gasteiger partial charge on any atom is 0.397 e. The molecule has 0 radical (unpaired) electrons. The van der Waals surface area contributed by atoms with Crippen molar-refractivity contribution >= 4 is 27.7 Å². The third-order valence-corrected chi connectivity index (χ3v) is 6.59. The van der Waals surface area contributed by atoms with E-state index >= 15 is 0 Å². The largest absolute Gasteiger partial charge is 0.462 e. The number of carbonyl (C=O) groups excluding carboxylic acids is 1. The Hall–Kier alpha value is -0.670. The third-order valence-electron chi connectivity index (χ3n) is 5.76. The number of ether oxygens (including phenoxy) is 1. The topological polar surface area (TPSA) is 136 Å². The summed E-state index contributed by atoms with van der Waals surface area (Å²) in [7, 11) is 3.39. The molecule has 2 unspecified atom stereocenters. The molecule has 0 aliphatic rings. The lowest BCUT2D eigenvalue weighted by Crippen LogP contribution is -2.45. The van der Waals surface area contributed by atoms with Gasteiger partial charge in [0.05, 0.1) is 47.2 Å². The Labute approximate surface area is 202 Å².